The molecule has 1 aromatic carbocycles. The quantitative estimate of drug-likeness (QED) is 0.488. The zero-order valence-corrected chi connectivity index (χ0v) is 11.7. The van der Waals surface area contributed by atoms with E-state index in [2.05, 4.69) is 36.6 Å². The van der Waals surface area contributed by atoms with Gasteiger partial charge in [-0.25, -0.2) is 0 Å². The van der Waals surface area contributed by atoms with Crippen LogP contribution in [0.2, 0.25) is 0 Å². The van der Waals surface area contributed by atoms with Crippen molar-refractivity contribution in [2.75, 3.05) is 19.0 Å². The average Bonchev–Trinajstić information content (AvgIpc) is 2.42. The smallest absolute Gasteiger partial charge is 0.0509 e. The topological polar surface area (TPSA) is 47.3 Å². The lowest BCUT2D eigenvalue weighted by Crippen LogP contribution is -2.45. The fraction of sp³-hybridized carbons (Fsp3) is 0.571. The van der Waals surface area contributed by atoms with E-state index in [0.29, 0.717) is 12.0 Å². The summed E-state index contributed by atoms with van der Waals surface area (Å²) in [5, 5.41) is 0. The molecular weight excluding hydrogens is 244 g/mol. The predicted molar refractivity (Wildman–Crippen MR) is 76.6 cm³/mol. The maximum Gasteiger partial charge on any atom is 0.0509 e. The highest BCUT2D eigenvalue weighted by atomic mass is 32.2. The van der Waals surface area contributed by atoms with Crippen LogP contribution in [0.15, 0.2) is 29.2 Å². The Balaban J connectivity index is 1.88. The van der Waals surface area contributed by atoms with Gasteiger partial charge in [-0.05, 0) is 37.3 Å². The molecule has 2 rings (SSSR count). The van der Waals surface area contributed by atoms with E-state index in [9.17, 15) is 0 Å². The summed E-state index contributed by atoms with van der Waals surface area (Å²) >= 11 is 1.88. The minimum absolute atomic E-state index is 0.329. The lowest BCUT2D eigenvalue weighted by atomic mass is 9.95. The third-order valence-corrected chi connectivity index (χ3v) is 4.79. The summed E-state index contributed by atoms with van der Waals surface area (Å²) < 4.78 is 5.54. The molecule has 1 aliphatic heterocycles. The zero-order chi connectivity index (χ0) is 12.8. The van der Waals surface area contributed by atoms with Crippen molar-refractivity contribution in [3.63, 3.8) is 0 Å². The molecule has 4 heteroatoms. The van der Waals surface area contributed by atoms with Crippen LogP contribution in [0.4, 0.5) is 0 Å². The fourth-order valence-corrected chi connectivity index (χ4v) is 3.50. The van der Waals surface area contributed by atoms with Gasteiger partial charge < -0.3 is 4.74 Å². The number of rotatable bonds is 5. The van der Waals surface area contributed by atoms with Crippen molar-refractivity contribution in [2.24, 2.45) is 11.8 Å². The normalized spacial score (nSPS) is 21.8. The van der Waals surface area contributed by atoms with Gasteiger partial charge in [0, 0.05) is 23.3 Å². The number of aryl methyl sites for hydroxylation is 1. The number of thioether (sulfide) groups is 1. The SMILES string of the molecule is Cc1ccccc1SCC(NN)C1CCCOC1. The van der Waals surface area contributed by atoms with Crippen molar-refractivity contribution in [1.29, 1.82) is 0 Å². The number of benzene rings is 1. The average molecular weight is 266 g/mol. The van der Waals surface area contributed by atoms with Crippen LogP contribution in [0, 0.1) is 12.8 Å². The van der Waals surface area contributed by atoms with E-state index in [1.165, 1.54) is 16.9 Å². The molecule has 0 radical (unpaired) electrons. The Kier molecular flexibility index (Phi) is 5.50. The second-order valence-corrected chi connectivity index (χ2v) is 5.89. The number of hydrazine groups is 1. The Morgan fingerprint density at radius 1 is 1.50 bits per heavy atom. The molecule has 1 aliphatic rings. The van der Waals surface area contributed by atoms with Crippen molar-refractivity contribution in [3.05, 3.63) is 29.8 Å². The van der Waals surface area contributed by atoms with Gasteiger partial charge in [-0.15, -0.1) is 11.8 Å². The van der Waals surface area contributed by atoms with Gasteiger partial charge in [-0.2, -0.15) is 0 Å². The highest BCUT2D eigenvalue weighted by Gasteiger charge is 2.23. The van der Waals surface area contributed by atoms with Crippen molar-refractivity contribution >= 4 is 11.8 Å². The van der Waals surface area contributed by atoms with E-state index in [0.717, 1.165) is 25.4 Å². The van der Waals surface area contributed by atoms with E-state index in [4.69, 9.17) is 10.6 Å². The molecule has 18 heavy (non-hydrogen) atoms. The van der Waals surface area contributed by atoms with Crippen LogP contribution in [-0.4, -0.2) is 25.0 Å². The molecule has 0 amide bonds. The van der Waals surface area contributed by atoms with Crippen LogP contribution in [0.1, 0.15) is 18.4 Å². The summed E-state index contributed by atoms with van der Waals surface area (Å²) in [6.07, 6.45) is 2.36. The molecule has 0 spiro atoms. The first kappa shape index (κ1) is 13.9. The van der Waals surface area contributed by atoms with Crippen molar-refractivity contribution in [3.8, 4) is 0 Å². The van der Waals surface area contributed by atoms with Crippen LogP contribution in [0.5, 0.6) is 0 Å². The van der Waals surface area contributed by atoms with Gasteiger partial charge in [0.1, 0.15) is 0 Å². The molecule has 0 saturated carbocycles. The van der Waals surface area contributed by atoms with Crippen LogP contribution in [0.3, 0.4) is 0 Å². The van der Waals surface area contributed by atoms with E-state index in [1.54, 1.807) is 0 Å². The predicted octanol–water partition coefficient (Wildman–Crippen LogP) is 2.35. The Morgan fingerprint density at radius 3 is 3.00 bits per heavy atom. The summed E-state index contributed by atoms with van der Waals surface area (Å²) in [4.78, 5) is 1.34. The standard InChI is InChI=1S/C14H22N2OS/c1-11-5-2-3-7-14(11)18-10-13(16-15)12-6-4-8-17-9-12/h2-3,5,7,12-13,16H,4,6,8-10,15H2,1H3. The zero-order valence-electron chi connectivity index (χ0n) is 10.9. The molecular formula is C14H22N2OS. The molecule has 2 unspecified atom stereocenters. The maximum atomic E-state index is 5.69. The van der Waals surface area contributed by atoms with Gasteiger partial charge >= 0.3 is 0 Å². The number of hydrogen-bond acceptors (Lipinski definition) is 4. The van der Waals surface area contributed by atoms with E-state index >= 15 is 0 Å². The largest absolute Gasteiger partial charge is 0.381 e. The lowest BCUT2D eigenvalue weighted by molar-refractivity contribution is 0.0427. The van der Waals surface area contributed by atoms with Crippen LogP contribution >= 0.6 is 11.8 Å². The Bertz CT molecular complexity index is 367. The molecule has 1 aromatic rings. The first-order valence-corrected chi connectivity index (χ1v) is 7.52. The number of nitrogens with two attached hydrogens (primary N) is 1. The Hall–Kier alpha value is -0.550. The van der Waals surface area contributed by atoms with Crippen molar-refractivity contribution in [2.45, 2.75) is 30.7 Å². The summed E-state index contributed by atoms with van der Waals surface area (Å²) in [5.41, 5.74) is 4.29. The molecule has 100 valence electrons. The van der Waals surface area contributed by atoms with E-state index in [1.807, 2.05) is 11.8 Å². The van der Waals surface area contributed by atoms with Crippen LogP contribution in [-0.2, 0) is 4.74 Å². The molecule has 1 fully saturated rings. The summed E-state index contributed by atoms with van der Waals surface area (Å²) in [7, 11) is 0. The van der Waals surface area contributed by atoms with Gasteiger partial charge in [0.2, 0.25) is 0 Å². The molecule has 0 aliphatic carbocycles. The minimum Gasteiger partial charge on any atom is -0.381 e. The fourth-order valence-electron chi connectivity index (χ4n) is 2.30. The molecule has 0 bridgehead atoms. The van der Waals surface area contributed by atoms with Crippen LogP contribution in [0.25, 0.3) is 0 Å². The molecule has 1 saturated heterocycles. The van der Waals surface area contributed by atoms with Gasteiger partial charge in [-0.3, -0.25) is 11.3 Å². The molecule has 2 atom stereocenters. The second-order valence-electron chi connectivity index (χ2n) is 4.83. The Morgan fingerprint density at radius 2 is 2.33 bits per heavy atom. The van der Waals surface area contributed by atoms with Gasteiger partial charge in [0.25, 0.3) is 0 Å². The van der Waals surface area contributed by atoms with Crippen molar-refractivity contribution in [1.82, 2.24) is 5.43 Å². The number of ether oxygens (including phenoxy) is 1. The van der Waals surface area contributed by atoms with E-state index in [-0.39, 0.29) is 0 Å². The number of hydrogen-bond donors (Lipinski definition) is 2. The summed E-state index contributed by atoms with van der Waals surface area (Å²) in [5.74, 6) is 7.22. The Labute approximate surface area is 113 Å². The van der Waals surface area contributed by atoms with Gasteiger partial charge in [-0.1, -0.05) is 18.2 Å². The van der Waals surface area contributed by atoms with Gasteiger partial charge in [0.15, 0.2) is 0 Å². The summed E-state index contributed by atoms with van der Waals surface area (Å²) in [6, 6.07) is 8.81. The number of nitrogens with one attached hydrogen (secondary N) is 1. The maximum absolute atomic E-state index is 5.69. The van der Waals surface area contributed by atoms with Crippen molar-refractivity contribution < 1.29 is 4.74 Å². The first-order valence-electron chi connectivity index (χ1n) is 6.53. The molecule has 0 aromatic heterocycles. The molecule has 1 heterocycles. The van der Waals surface area contributed by atoms with Gasteiger partial charge in [0.05, 0.1) is 6.61 Å². The van der Waals surface area contributed by atoms with Crippen LogP contribution < -0.4 is 11.3 Å². The molecule has 3 nitrogen and oxygen atoms in total. The highest BCUT2D eigenvalue weighted by molar-refractivity contribution is 7.99. The lowest BCUT2D eigenvalue weighted by Gasteiger charge is -2.29. The third-order valence-electron chi connectivity index (χ3n) is 3.49. The highest BCUT2D eigenvalue weighted by Crippen LogP contribution is 2.26. The van der Waals surface area contributed by atoms with E-state index < -0.39 is 0 Å². The monoisotopic (exact) mass is 266 g/mol. The first-order chi connectivity index (χ1) is 8.81. The third kappa shape index (κ3) is 3.72. The summed E-state index contributed by atoms with van der Waals surface area (Å²) in [6.45, 7) is 3.89. The molecule has 3 N–H and O–H groups in total. The second kappa shape index (κ2) is 7.14. The minimum atomic E-state index is 0.329.